The molecule has 37 heavy (non-hydrogen) atoms. The Bertz CT molecular complexity index is 1220. The molecular formula is C23H29N3O9S2. The summed E-state index contributed by atoms with van der Waals surface area (Å²) >= 11 is 1.17. The third-order valence-electron chi connectivity index (χ3n) is 5.87. The van der Waals surface area contributed by atoms with Gasteiger partial charge in [0.2, 0.25) is 5.91 Å². The Hall–Kier alpha value is -2.17. The molecule has 14 heteroatoms. The van der Waals surface area contributed by atoms with E-state index in [-0.39, 0.29) is 23.2 Å². The zero-order valence-corrected chi connectivity index (χ0v) is 22.3. The monoisotopic (exact) mass is 555 g/mol. The normalized spacial score (nSPS) is 29.9. The number of nitrogens with one attached hydrogen (secondary N) is 2. The van der Waals surface area contributed by atoms with Crippen LogP contribution in [-0.2, 0) is 43.2 Å². The Morgan fingerprint density at radius 1 is 1.03 bits per heavy atom. The van der Waals surface area contributed by atoms with E-state index in [1.54, 1.807) is 19.2 Å². The van der Waals surface area contributed by atoms with Crippen LogP contribution in [0.4, 0.5) is 10.8 Å². The molecule has 202 valence electrons. The van der Waals surface area contributed by atoms with Crippen LogP contribution in [0.5, 0.6) is 0 Å². The molecule has 0 spiro atoms. The number of rotatable bonds is 8. The lowest BCUT2D eigenvalue weighted by atomic mass is 9.99. The van der Waals surface area contributed by atoms with Crippen molar-refractivity contribution in [3.8, 4) is 0 Å². The van der Waals surface area contributed by atoms with Crippen LogP contribution >= 0.6 is 11.3 Å². The largest absolute Gasteiger partial charge is 0.369 e. The number of thiazole rings is 1. The van der Waals surface area contributed by atoms with Gasteiger partial charge in [0.15, 0.2) is 23.0 Å². The van der Waals surface area contributed by atoms with E-state index >= 15 is 0 Å². The first-order valence-corrected chi connectivity index (χ1v) is 14.0. The van der Waals surface area contributed by atoms with Crippen LogP contribution in [0.3, 0.4) is 0 Å². The first-order valence-electron chi connectivity index (χ1n) is 11.7. The molecule has 3 fully saturated rings. The highest BCUT2D eigenvalue weighted by atomic mass is 32.2. The Balaban J connectivity index is 1.14. The lowest BCUT2D eigenvalue weighted by molar-refractivity contribution is -0.242. The summed E-state index contributed by atoms with van der Waals surface area (Å²) in [5.74, 6) is -2.06. The van der Waals surface area contributed by atoms with E-state index in [0.717, 1.165) is 0 Å². The minimum atomic E-state index is -3.78. The number of hydrogen-bond acceptors (Lipinski definition) is 11. The predicted molar refractivity (Wildman–Crippen MR) is 131 cm³/mol. The van der Waals surface area contributed by atoms with E-state index < -0.39 is 58.2 Å². The first kappa shape index (κ1) is 26.4. The third kappa shape index (κ3) is 5.96. The Labute approximate surface area is 218 Å². The van der Waals surface area contributed by atoms with Gasteiger partial charge in [0, 0.05) is 17.3 Å². The van der Waals surface area contributed by atoms with Crippen LogP contribution in [0, 0.1) is 0 Å². The molecule has 2 aromatic rings. The average Bonchev–Trinajstić information content (AvgIpc) is 3.50. The quantitative estimate of drug-likeness (QED) is 0.498. The molecule has 1 aromatic carbocycles. The summed E-state index contributed by atoms with van der Waals surface area (Å²) in [6, 6.07) is 5.77. The molecule has 3 saturated heterocycles. The number of benzene rings is 1. The molecule has 3 aliphatic heterocycles. The molecule has 5 atom stereocenters. The second-order valence-electron chi connectivity index (χ2n) is 9.74. The number of anilines is 2. The minimum absolute atomic E-state index is 0.0438. The lowest BCUT2D eigenvalue weighted by Gasteiger charge is -2.37. The summed E-state index contributed by atoms with van der Waals surface area (Å²) in [7, 11) is -3.78. The topological polar surface area (TPSA) is 144 Å². The summed E-state index contributed by atoms with van der Waals surface area (Å²) in [5.41, 5.74) is 0.423. The van der Waals surface area contributed by atoms with Crippen molar-refractivity contribution in [1.82, 2.24) is 4.98 Å². The number of hydrogen-bond donors (Lipinski definition) is 2. The van der Waals surface area contributed by atoms with Crippen molar-refractivity contribution in [2.45, 2.75) is 74.9 Å². The molecule has 1 amide bonds. The van der Waals surface area contributed by atoms with E-state index in [2.05, 4.69) is 15.0 Å². The highest BCUT2D eigenvalue weighted by molar-refractivity contribution is 7.93. The maximum absolute atomic E-state index is 12.4. The summed E-state index contributed by atoms with van der Waals surface area (Å²) in [6.45, 7) is 7.07. The Morgan fingerprint density at radius 3 is 2.41 bits per heavy atom. The first-order chi connectivity index (χ1) is 17.4. The van der Waals surface area contributed by atoms with Gasteiger partial charge in [0.25, 0.3) is 10.0 Å². The molecule has 0 unspecified atom stereocenters. The Morgan fingerprint density at radius 2 is 1.70 bits per heavy atom. The second kappa shape index (κ2) is 9.85. The Kier molecular flexibility index (Phi) is 7.04. The molecule has 3 aliphatic rings. The van der Waals surface area contributed by atoms with Crippen LogP contribution < -0.4 is 10.0 Å². The fraction of sp³-hybridized carbons (Fsp3) is 0.565. The van der Waals surface area contributed by atoms with E-state index in [1.165, 1.54) is 41.8 Å². The van der Waals surface area contributed by atoms with Crippen molar-refractivity contribution in [3.63, 3.8) is 0 Å². The fourth-order valence-corrected chi connectivity index (χ4v) is 6.25. The van der Waals surface area contributed by atoms with Crippen molar-refractivity contribution < 1.29 is 41.6 Å². The van der Waals surface area contributed by atoms with Gasteiger partial charge in [0.1, 0.15) is 31.0 Å². The zero-order valence-electron chi connectivity index (χ0n) is 20.7. The van der Waals surface area contributed by atoms with Crippen molar-refractivity contribution >= 4 is 38.1 Å². The maximum atomic E-state index is 12.4. The van der Waals surface area contributed by atoms with Crippen LogP contribution in [0.2, 0.25) is 0 Å². The average molecular weight is 556 g/mol. The molecule has 0 radical (unpaired) electrons. The summed E-state index contributed by atoms with van der Waals surface area (Å²) in [6.07, 6.45) is -0.970. The van der Waals surface area contributed by atoms with Crippen molar-refractivity contribution in [1.29, 1.82) is 0 Å². The number of aromatic nitrogens is 1. The number of ether oxygens (including phenoxy) is 6. The smallest absolute Gasteiger partial charge is 0.263 e. The molecule has 12 nitrogen and oxygen atoms in total. The number of amides is 1. The number of carbonyl (C=O) groups excluding carboxylic acids is 1. The van der Waals surface area contributed by atoms with E-state index in [0.29, 0.717) is 5.69 Å². The molecular weight excluding hydrogens is 526 g/mol. The molecule has 4 heterocycles. The van der Waals surface area contributed by atoms with E-state index in [1.807, 2.05) is 13.8 Å². The number of fused-ring (bicyclic) bond motifs is 3. The van der Waals surface area contributed by atoms with Gasteiger partial charge in [-0.2, -0.15) is 0 Å². The van der Waals surface area contributed by atoms with Crippen LogP contribution in [-0.4, -0.2) is 74.8 Å². The number of nitrogens with zero attached hydrogens (tertiary/aromatic N) is 1. The van der Waals surface area contributed by atoms with Crippen molar-refractivity contribution in [2.75, 3.05) is 23.3 Å². The zero-order chi connectivity index (χ0) is 26.4. The summed E-state index contributed by atoms with van der Waals surface area (Å²) < 4.78 is 62.9. The molecule has 0 bridgehead atoms. The number of carbonyl (C=O) groups is 1. The minimum Gasteiger partial charge on any atom is -0.369 e. The van der Waals surface area contributed by atoms with Crippen molar-refractivity contribution in [3.05, 3.63) is 35.8 Å². The lowest BCUT2D eigenvalue weighted by Crippen LogP contribution is -2.56. The standard InChI is InChI=1S/C23H29N3O9S2/c1-22(2)32-17-15(31-20-19(18(17)33-22)34-23(3,4)35-20)11-30-12-16(27)25-13-5-7-14(8-6-13)37(28,29)26-21-24-9-10-36-21/h5-10,15,17-20H,11-12H2,1-4H3,(H,24,26)(H,25,27)/t15-,17+,18-,19-,20+/m1/s1. The predicted octanol–water partition coefficient (Wildman–Crippen LogP) is 2.30. The highest BCUT2D eigenvalue weighted by Crippen LogP contribution is 2.44. The molecule has 1 aromatic heterocycles. The molecule has 0 aliphatic carbocycles. The summed E-state index contributed by atoms with van der Waals surface area (Å²) in [5, 5.41) is 4.62. The molecule has 5 rings (SSSR count). The van der Waals surface area contributed by atoms with Gasteiger partial charge in [-0.05, 0) is 52.0 Å². The second-order valence-corrected chi connectivity index (χ2v) is 12.3. The van der Waals surface area contributed by atoms with Crippen LogP contribution in [0.15, 0.2) is 40.7 Å². The van der Waals surface area contributed by atoms with Gasteiger partial charge in [-0.25, -0.2) is 13.4 Å². The maximum Gasteiger partial charge on any atom is 0.263 e. The van der Waals surface area contributed by atoms with Crippen LogP contribution in [0.1, 0.15) is 27.7 Å². The highest BCUT2D eigenvalue weighted by Gasteiger charge is 2.60. The molecule has 0 saturated carbocycles. The molecule has 2 N–H and O–H groups in total. The third-order valence-corrected chi connectivity index (χ3v) is 8.04. The van der Waals surface area contributed by atoms with Gasteiger partial charge in [-0.15, -0.1) is 11.3 Å². The fourth-order valence-electron chi connectivity index (χ4n) is 4.46. The van der Waals surface area contributed by atoms with Gasteiger partial charge < -0.3 is 33.7 Å². The number of sulfonamides is 1. The van der Waals surface area contributed by atoms with Gasteiger partial charge in [0.05, 0.1) is 11.5 Å². The SMILES string of the molecule is CC1(C)O[C@@H]2[C@@H](O1)[C@@H](COCC(=O)Nc1ccc(S(=O)(=O)Nc3nccs3)cc1)O[C@H]1OC(C)(C)O[C@@H]12. The van der Waals surface area contributed by atoms with Gasteiger partial charge >= 0.3 is 0 Å². The van der Waals surface area contributed by atoms with Gasteiger partial charge in [-0.3, -0.25) is 9.52 Å². The van der Waals surface area contributed by atoms with E-state index in [4.69, 9.17) is 28.4 Å². The summed E-state index contributed by atoms with van der Waals surface area (Å²) in [4.78, 5) is 16.4. The van der Waals surface area contributed by atoms with Gasteiger partial charge in [-0.1, -0.05) is 0 Å². The van der Waals surface area contributed by atoms with E-state index in [9.17, 15) is 13.2 Å². The van der Waals surface area contributed by atoms with Crippen molar-refractivity contribution in [2.24, 2.45) is 0 Å². The van der Waals surface area contributed by atoms with Crippen LogP contribution in [0.25, 0.3) is 0 Å².